The fraction of sp³-hybridized carbons (Fsp3) is 0. The van der Waals surface area contributed by atoms with Gasteiger partial charge in [0.15, 0.2) is 5.82 Å². The van der Waals surface area contributed by atoms with Crippen LogP contribution in [0, 0.1) is 5.95 Å². The molecule has 2 aromatic heterocycles. The second-order valence-electron chi connectivity index (χ2n) is 3.13. The lowest BCUT2D eigenvalue weighted by Gasteiger charge is -2.02. The Morgan fingerprint density at radius 3 is 2.82 bits per heavy atom. The van der Waals surface area contributed by atoms with Crippen LogP contribution in [-0.4, -0.2) is 21.1 Å². The lowest BCUT2D eigenvalue weighted by atomic mass is 10.2. The standard InChI is InChI=1S/C10H7FN4O2/c11-7-5-6(3-4-12-7)10(17)13-8-1-2-9(16)15-14-8/h1-5H,(H,15,16)(H,13,14,17). The quantitative estimate of drug-likeness (QED) is 0.743. The molecule has 0 aliphatic heterocycles. The molecule has 0 spiro atoms. The topological polar surface area (TPSA) is 87.7 Å². The summed E-state index contributed by atoms with van der Waals surface area (Å²) in [5.41, 5.74) is -0.261. The van der Waals surface area contributed by atoms with Crippen LogP contribution >= 0.6 is 0 Å². The number of rotatable bonds is 2. The molecule has 0 radical (unpaired) electrons. The first-order valence-electron chi connectivity index (χ1n) is 4.64. The zero-order valence-electron chi connectivity index (χ0n) is 8.48. The molecule has 2 N–H and O–H groups in total. The fourth-order valence-corrected chi connectivity index (χ4v) is 1.15. The summed E-state index contributed by atoms with van der Waals surface area (Å²) < 4.78 is 12.8. The Kier molecular flexibility index (Phi) is 2.91. The van der Waals surface area contributed by atoms with E-state index in [0.717, 1.165) is 6.07 Å². The molecule has 0 aromatic carbocycles. The van der Waals surface area contributed by atoms with E-state index in [9.17, 15) is 14.0 Å². The molecular weight excluding hydrogens is 227 g/mol. The van der Waals surface area contributed by atoms with Gasteiger partial charge in [-0.1, -0.05) is 0 Å². The molecule has 0 bridgehead atoms. The molecule has 0 fully saturated rings. The largest absolute Gasteiger partial charge is 0.305 e. The molecule has 2 aromatic rings. The number of H-pyrrole nitrogens is 1. The number of halogens is 1. The van der Waals surface area contributed by atoms with Gasteiger partial charge in [-0.25, -0.2) is 10.1 Å². The highest BCUT2D eigenvalue weighted by molar-refractivity contribution is 6.03. The predicted octanol–water partition coefficient (Wildman–Crippen LogP) is 0.556. The Labute approximate surface area is 94.5 Å². The van der Waals surface area contributed by atoms with E-state index in [-0.39, 0.29) is 16.9 Å². The number of amides is 1. The van der Waals surface area contributed by atoms with E-state index in [0.29, 0.717) is 0 Å². The summed E-state index contributed by atoms with van der Waals surface area (Å²) in [5, 5.41) is 8.15. The summed E-state index contributed by atoms with van der Waals surface area (Å²) in [6, 6.07) is 4.93. The molecule has 0 aliphatic carbocycles. The van der Waals surface area contributed by atoms with Crippen molar-refractivity contribution < 1.29 is 9.18 Å². The molecule has 0 atom stereocenters. The van der Waals surface area contributed by atoms with E-state index >= 15 is 0 Å². The second kappa shape index (κ2) is 4.52. The summed E-state index contributed by atoms with van der Waals surface area (Å²) >= 11 is 0. The van der Waals surface area contributed by atoms with Crippen molar-refractivity contribution in [1.82, 2.24) is 15.2 Å². The molecule has 0 aliphatic rings. The first-order chi connectivity index (χ1) is 8.15. The zero-order chi connectivity index (χ0) is 12.3. The number of aromatic amines is 1. The fourth-order valence-electron chi connectivity index (χ4n) is 1.15. The van der Waals surface area contributed by atoms with Crippen LogP contribution in [0.25, 0.3) is 0 Å². The smallest absolute Gasteiger partial charge is 0.264 e. The Morgan fingerprint density at radius 2 is 2.18 bits per heavy atom. The molecular formula is C10H7FN4O2. The molecule has 1 amide bonds. The van der Waals surface area contributed by atoms with Gasteiger partial charge in [-0.3, -0.25) is 9.59 Å². The van der Waals surface area contributed by atoms with Gasteiger partial charge in [0, 0.05) is 23.9 Å². The minimum absolute atomic E-state index is 0.116. The third kappa shape index (κ3) is 2.71. The maximum absolute atomic E-state index is 12.8. The van der Waals surface area contributed by atoms with Crippen molar-refractivity contribution in [3.8, 4) is 0 Å². The normalized spacial score (nSPS) is 9.94. The lowest BCUT2D eigenvalue weighted by molar-refractivity contribution is 0.102. The van der Waals surface area contributed by atoms with Gasteiger partial charge < -0.3 is 5.32 Å². The van der Waals surface area contributed by atoms with E-state index in [1.165, 1.54) is 24.4 Å². The van der Waals surface area contributed by atoms with Crippen molar-refractivity contribution in [3.05, 3.63) is 52.3 Å². The highest BCUT2D eigenvalue weighted by Crippen LogP contribution is 2.04. The first kappa shape index (κ1) is 10.9. The van der Waals surface area contributed by atoms with Crippen molar-refractivity contribution in [2.45, 2.75) is 0 Å². The maximum atomic E-state index is 12.8. The first-order valence-corrected chi connectivity index (χ1v) is 4.64. The average molecular weight is 234 g/mol. The summed E-state index contributed by atoms with van der Waals surface area (Å²) in [6.45, 7) is 0. The third-order valence-electron chi connectivity index (χ3n) is 1.91. The summed E-state index contributed by atoms with van der Waals surface area (Å²) in [7, 11) is 0. The number of nitrogens with zero attached hydrogens (tertiary/aromatic N) is 2. The molecule has 0 saturated heterocycles. The predicted molar refractivity (Wildman–Crippen MR) is 57.0 cm³/mol. The van der Waals surface area contributed by atoms with Crippen molar-refractivity contribution in [3.63, 3.8) is 0 Å². The van der Waals surface area contributed by atoms with E-state index < -0.39 is 11.9 Å². The maximum Gasteiger partial charge on any atom is 0.264 e. The molecule has 17 heavy (non-hydrogen) atoms. The van der Waals surface area contributed by atoms with Crippen LogP contribution < -0.4 is 10.9 Å². The van der Waals surface area contributed by atoms with Gasteiger partial charge >= 0.3 is 0 Å². The highest BCUT2D eigenvalue weighted by atomic mass is 19.1. The molecule has 0 unspecified atom stereocenters. The Hall–Kier alpha value is -2.57. The third-order valence-corrected chi connectivity index (χ3v) is 1.91. The molecule has 6 nitrogen and oxygen atoms in total. The van der Waals surface area contributed by atoms with Crippen LogP contribution in [0.1, 0.15) is 10.4 Å². The van der Waals surface area contributed by atoms with Crippen molar-refractivity contribution in [1.29, 1.82) is 0 Å². The minimum atomic E-state index is -0.743. The zero-order valence-corrected chi connectivity index (χ0v) is 8.48. The molecule has 7 heteroatoms. The summed E-state index contributed by atoms with van der Waals surface area (Å²) in [5.74, 6) is -1.11. The number of anilines is 1. The Balaban J connectivity index is 2.17. The van der Waals surface area contributed by atoms with Crippen LogP contribution in [-0.2, 0) is 0 Å². The molecule has 0 saturated carbocycles. The van der Waals surface area contributed by atoms with E-state index in [2.05, 4.69) is 20.5 Å². The van der Waals surface area contributed by atoms with Gasteiger partial charge in [-0.2, -0.15) is 9.49 Å². The van der Waals surface area contributed by atoms with Crippen LogP contribution in [0.5, 0.6) is 0 Å². The molecule has 2 rings (SSSR count). The monoisotopic (exact) mass is 234 g/mol. The number of hydrogen-bond donors (Lipinski definition) is 2. The Bertz CT molecular complexity index is 591. The van der Waals surface area contributed by atoms with Crippen molar-refractivity contribution >= 4 is 11.7 Å². The average Bonchev–Trinajstić information content (AvgIpc) is 2.32. The number of aromatic nitrogens is 3. The van der Waals surface area contributed by atoms with Gasteiger partial charge in [0.25, 0.3) is 11.5 Å². The number of nitrogens with one attached hydrogen (secondary N) is 2. The molecule has 2 heterocycles. The Morgan fingerprint density at radius 1 is 1.35 bits per heavy atom. The van der Waals surface area contributed by atoms with E-state index in [4.69, 9.17) is 0 Å². The highest BCUT2D eigenvalue weighted by Gasteiger charge is 2.07. The van der Waals surface area contributed by atoms with Gasteiger partial charge in [-0.05, 0) is 12.1 Å². The number of hydrogen-bond acceptors (Lipinski definition) is 4. The van der Waals surface area contributed by atoms with Gasteiger partial charge in [0.1, 0.15) is 0 Å². The van der Waals surface area contributed by atoms with E-state index in [1.807, 2.05) is 0 Å². The van der Waals surface area contributed by atoms with Gasteiger partial charge in [0.05, 0.1) is 0 Å². The summed E-state index contributed by atoms with van der Waals surface area (Å²) in [4.78, 5) is 25.7. The van der Waals surface area contributed by atoms with Crippen LogP contribution in [0.2, 0.25) is 0 Å². The van der Waals surface area contributed by atoms with Crippen molar-refractivity contribution in [2.24, 2.45) is 0 Å². The lowest BCUT2D eigenvalue weighted by Crippen LogP contribution is -2.16. The van der Waals surface area contributed by atoms with Gasteiger partial charge in [-0.15, -0.1) is 0 Å². The molecule has 86 valence electrons. The summed E-state index contributed by atoms with van der Waals surface area (Å²) in [6.07, 6.45) is 1.19. The van der Waals surface area contributed by atoms with Crippen molar-refractivity contribution in [2.75, 3.05) is 5.32 Å². The number of pyridine rings is 1. The number of carbonyl (C=O) groups excluding carboxylic acids is 1. The number of carbonyl (C=O) groups is 1. The van der Waals surface area contributed by atoms with E-state index in [1.54, 1.807) is 0 Å². The van der Waals surface area contributed by atoms with Crippen LogP contribution in [0.15, 0.2) is 35.3 Å². The SMILES string of the molecule is O=C(Nc1ccc(=O)[nH]n1)c1ccnc(F)c1. The van der Waals surface area contributed by atoms with Crippen LogP contribution in [0.4, 0.5) is 10.2 Å². The van der Waals surface area contributed by atoms with Crippen LogP contribution in [0.3, 0.4) is 0 Å². The minimum Gasteiger partial charge on any atom is -0.305 e. The second-order valence-corrected chi connectivity index (χ2v) is 3.13. The van der Waals surface area contributed by atoms with Gasteiger partial charge in [0.2, 0.25) is 5.95 Å².